The number of methoxy groups -OCH3 is 1. The van der Waals surface area contributed by atoms with Crippen molar-refractivity contribution in [1.82, 2.24) is 5.32 Å². The topological polar surface area (TPSA) is 108 Å². The number of ether oxygens (including phenoxy) is 1. The van der Waals surface area contributed by atoms with Crippen molar-refractivity contribution in [2.45, 2.75) is 18.9 Å². The third-order valence-corrected chi connectivity index (χ3v) is 4.60. The highest BCUT2D eigenvalue weighted by molar-refractivity contribution is 5.95. The number of primary amides is 1. The number of carbonyl (C=O) groups is 1. The Labute approximate surface area is 165 Å². The van der Waals surface area contributed by atoms with Gasteiger partial charge in [0, 0.05) is 31.9 Å². The van der Waals surface area contributed by atoms with Crippen molar-refractivity contribution in [2.75, 3.05) is 38.7 Å². The molecule has 1 amide bonds. The minimum Gasteiger partial charge on any atom is -0.507 e. The summed E-state index contributed by atoms with van der Waals surface area (Å²) < 4.78 is 5.25. The van der Waals surface area contributed by atoms with Crippen LogP contribution in [0.1, 0.15) is 34.9 Å². The Kier molecular flexibility index (Phi) is 8.10. The smallest absolute Gasteiger partial charge is 0.252 e. The molecule has 0 bridgehead atoms. The summed E-state index contributed by atoms with van der Waals surface area (Å²) in [6, 6.07) is 12.3. The first-order valence-electron chi connectivity index (χ1n) is 9.29. The predicted molar refractivity (Wildman–Crippen MR) is 110 cm³/mol. The lowest BCUT2D eigenvalue weighted by molar-refractivity contribution is 0.0997. The first-order chi connectivity index (χ1) is 13.4. The lowest BCUT2D eigenvalue weighted by Crippen LogP contribution is -2.24. The molecule has 2 aromatic carbocycles. The van der Waals surface area contributed by atoms with Crippen molar-refractivity contribution in [3.05, 3.63) is 53.6 Å². The summed E-state index contributed by atoms with van der Waals surface area (Å²) in [5, 5.41) is 23.1. The fourth-order valence-electron chi connectivity index (χ4n) is 2.89. The number of hydrogen-bond acceptors (Lipinski definition) is 6. The van der Waals surface area contributed by atoms with Crippen LogP contribution >= 0.6 is 0 Å². The molecular weight excluding hydrogens is 358 g/mol. The van der Waals surface area contributed by atoms with Gasteiger partial charge in [-0.3, -0.25) is 4.79 Å². The van der Waals surface area contributed by atoms with E-state index in [1.807, 2.05) is 25.2 Å². The Bertz CT molecular complexity index is 782. The maximum absolute atomic E-state index is 11.3. The number of amides is 1. The van der Waals surface area contributed by atoms with Crippen molar-refractivity contribution in [3.63, 3.8) is 0 Å². The van der Waals surface area contributed by atoms with E-state index < -0.39 is 12.0 Å². The summed E-state index contributed by atoms with van der Waals surface area (Å²) in [5.74, 6) is -0.0649. The zero-order valence-electron chi connectivity index (χ0n) is 16.4. The molecule has 0 aliphatic heterocycles. The normalized spacial score (nSPS) is 11.8. The number of phenols is 1. The van der Waals surface area contributed by atoms with Gasteiger partial charge in [0.1, 0.15) is 11.5 Å². The molecule has 0 spiro atoms. The molecule has 2 aromatic rings. The third kappa shape index (κ3) is 6.14. The lowest BCUT2D eigenvalue weighted by Gasteiger charge is -2.20. The monoisotopic (exact) mass is 387 g/mol. The van der Waals surface area contributed by atoms with Crippen LogP contribution in [0.3, 0.4) is 0 Å². The zero-order chi connectivity index (χ0) is 20.5. The van der Waals surface area contributed by atoms with Crippen molar-refractivity contribution in [1.29, 1.82) is 0 Å². The van der Waals surface area contributed by atoms with E-state index in [-0.39, 0.29) is 11.3 Å². The molecule has 7 nitrogen and oxygen atoms in total. The number of carbonyl (C=O) groups excluding carboxylic acids is 1. The van der Waals surface area contributed by atoms with Crippen LogP contribution in [-0.4, -0.2) is 49.9 Å². The number of benzene rings is 2. The number of anilines is 1. The SMILES string of the molecule is COc1cccc(N(C)CCCCNCC(O)c2ccc(O)c(C(N)=O)c2)c1. The number of nitrogens with two attached hydrogens (primary N) is 1. The second kappa shape index (κ2) is 10.5. The fourth-order valence-corrected chi connectivity index (χ4v) is 2.89. The summed E-state index contributed by atoms with van der Waals surface area (Å²) >= 11 is 0. The average Bonchev–Trinajstić information content (AvgIpc) is 2.70. The molecule has 2 rings (SSSR count). The van der Waals surface area contributed by atoms with Gasteiger partial charge in [-0.1, -0.05) is 12.1 Å². The standard InChI is InChI=1S/C21H29N3O4/c1-24(16-6-5-7-17(13-16)28-2)11-4-3-10-23-14-20(26)15-8-9-19(25)18(12-15)21(22)27/h5-9,12-13,20,23,25-26H,3-4,10-11,14H2,1-2H3,(H2,22,27). The fraction of sp³-hybridized carbons (Fsp3) is 0.381. The third-order valence-electron chi connectivity index (χ3n) is 4.60. The van der Waals surface area contributed by atoms with E-state index >= 15 is 0 Å². The Morgan fingerprint density at radius 1 is 1.25 bits per heavy atom. The van der Waals surface area contributed by atoms with Gasteiger partial charge in [-0.25, -0.2) is 0 Å². The number of aromatic hydroxyl groups is 1. The highest BCUT2D eigenvalue weighted by Crippen LogP contribution is 2.22. The van der Waals surface area contributed by atoms with Gasteiger partial charge in [-0.05, 0) is 49.2 Å². The second-order valence-electron chi connectivity index (χ2n) is 6.69. The molecule has 1 atom stereocenters. The molecule has 0 saturated heterocycles. The van der Waals surface area contributed by atoms with Gasteiger partial charge < -0.3 is 30.9 Å². The maximum Gasteiger partial charge on any atom is 0.252 e. The first kappa shape index (κ1) is 21.5. The van der Waals surface area contributed by atoms with Gasteiger partial charge >= 0.3 is 0 Å². The number of aliphatic hydroxyl groups is 1. The maximum atomic E-state index is 11.3. The van der Waals surface area contributed by atoms with Gasteiger partial charge in [0.15, 0.2) is 0 Å². The minimum absolute atomic E-state index is 0.0112. The molecule has 5 N–H and O–H groups in total. The second-order valence-corrected chi connectivity index (χ2v) is 6.69. The molecule has 0 fully saturated rings. The molecule has 0 heterocycles. The molecule has 0 radical (unpaired) electrons. The van der Waals surface area contributed by atoms with Crippen LogP contribution in [0.15, 0.2) is 42.5 Å². The van der Waals surface area contributed by atoms with Crippen molar-refractivity contribution >= 4 is 11.6 Å². The van der Waals surface area contributed by atoms with Crippen molar-refractivity contribution < 1.29 is 19.7 Å². The van der Waals surface area contributed by atoms with Gasteiger partial charge in [-0.2, -0.15) is 0 Å². The van der Waals surface area contributed by atoms with Gasteiger partial charge in [0.25, 0.3) is 5.91 Å². The molecule has 0 aromatic heterocycles. The summed E-state index contributed by atoms with van der Waals surface area (Å²) in [5.41, 5.74) is 6.88. The highest BCUT2D eigenvalue weighted by Gasteiger charge is 2.13. The molecule has 152 valence electrons. The Morgan fingerprint density at radius 3 is 2.75 bits per heavy atom. The minimum atomic E-state index is -0.779. The molecular formula is C21H29N3O4. The number of unbranched alkanes of at least 4 members (excludes halogenated alkanes) is 1. The summed E-state index contributed by atoms with van der Waals surface area (Å²) in [6.07, 6.45) is 1.18. The number of nitrogens with zero attached hydrogens (tertiary/aromatic N) is 1. The summed E-state index contributed by atoms with van der Waals surface area (Å²) in [4.78, 5) is 13.5. The Morgan fingerprint density at radius 2 is 2.04 bits per heavy atom. The number of aliphatic hydroxyl groups excluding tert-OH is 1. The zero-order valence-corrected chi connectivity index (χ0v) is 16.4. The largest absolute Gasteiger partial charge is 0.507 e. The van der Waals surface area contributed by atoms with E-state index in [4.69, 9.17) is 10.5 Å². The molecule has 0 aliphatic carbocycles. The average molecular weight is 387 g/mol. The number of nitrogens with one attached hydrogen (secondary N) is 1. The first-order valence-corrected chi connectivity index (χ1v) is 9.29. The van der Waals surface area contributed by atoms with Crippen LogP contribution in [0.5, 0.6) is 11.5 Å². The van der Waals surface area contributed by atoms with Gasteiger partial charge in [-0.15, -0.1) is 0 Å². The molecule has 28 heavy (non-hydrogen) atoms. The molecule has 1 unspecified atom stereocenters. The lowest BCUT2D eigenvalue weighted by atomic mass is 10.0. The molecule has 7 heteroatoms. The molecule has 0 saturated carbocycles. The van der Waals surface area contributed by atoms with E-state index in [1.165, 1.54) is 12.1 Å². The van der Waals surface area contributed by atoms with Gasteiger partial charge in [0.05, 0.1) is 18.8 Å². The predicted octanol–water partition coefficient (Wildman–Crippen LogP) is 2.04. The molecule has 0 aliphatic rings. The van der Waals surface area contributed by atoms with Crippen molar-refractivity contribution in [2.24, 2.45) is 5.73 Å². The quantitative estimate of drug-likeness (QED) is 0.440. The van der Waals surface area contributed by atoms with Crippen LogP contribution in [0.4, 0.5) is 5.69 Å². The van der Waals surface area contributed by atoms with Crippen LogP contribution in [-0.2, 0) is 0 Å². The number of hydrogen-bond donors (Lipinski definition) is 4. The van der Waals surface area contributed by atoms with Crippen LogP contribution in [0.2, 0.25) is 0 Å². The van der Waals surface area contributed by atoms with Crippen LogP contribution < -0.4 is 20.7 Å². The van der Waals surface area contributed by atoms with E-state index in [2.05, 4.69) is 16.3 Å². The number of rotatable bonds is 11. The van der Waals surface area contributed by atoms with Crippen LogP contribution in [0, 0.1) is 0 Å². The van der Waals surface area contributed by atoms with E-state index in [9.17, 15) is 15.0 Å². The van der Waals surface area contributed by atoms with E-state index in [0.29, 0.717) is 12.1 Å². The van der Waals surface area contributed by atoms with E-state index in [1.54, 1.807) is 13.2 Å². The van der Waals surface area contributed by atoms with E-state index in [0.717, 1.165) is 37.4 Å². The van der Waals surface area contributed by atoms with Crippen molar-refractivity contribution in [3.8, 4) is 11.5 Å². The summed E-state index contributed by atoms with van der Waals surface area (Å²) in [7, 11) is 3.71. The highest BCUT2D eigenvalue weighted by atomic mass is 16.5. The Balaban J connectivity index is 1.70. The summed E-state index contributed by atoms with van der Waals surface area (Å²) in [6.45, 7) is 2.04. The van der Waals surface area contributed by atoms with Gasteiger partial charge in [0.2, 0.25) is 0 Å². The Hall–Kier alpha value is -2.77. The van der Waals surface area contributed by atoms with Crippen LogP contribution in [0.25, 0.3) is 0 Å².